The largest absolute Gasteiger partial charge is 0.481 e. The Morgan fingerprint density at radius 2 is 2.19 bits per heavy atom. The zero-order chi connectivity index (χ0) is 12.1. The van der Waals surface area contributed by atoms with Crippen LogP contribution in [-0.4, -0.2) is 17.6 Å². The molecule has 1 rings (SSSR count). The van der Waals surface area contributed by atoms with Crippen molar-refractivity contribution in [1.82, 2.24) is 0 Å². The number of rotatable bonds is 5. The Morgan fingerprint density at radius 3 is 2.81 bits per heavy atom. The van der Waals surface area contributed by atoms with E-state index in [-0.39, 0.29) is 24.6 Å². The molecule has 1 atom stereocenters. The highest BCUT2D eigenvalue weighted by Crippen LogP contribution is 2.16. The molecule has 88 valence electrons. The van der Waals surface area contributed by atoms with Crippen LogP contribution in [0.25, 0.3) is 0 Å². The van der Waals surface area contributed by atoms with Gasteiger partial charge in [0.1, 0.15) is 11.6 Å². The van der Waals surface area contributed by atoms with E-state index in [2.05, 4.69) is 5.32 Å². The van der Waals surface area contributed by atoms with Crippen LogP contribution in [0.3, 0.4) is 0 Å². The van der Waals surface area contributed by atoms with E-state index in [0.29, 0.717) is 0 Å². The van der Waals surface area contributed by atoms with Crippen LogP contribution in [0, 0.1) is 17.6 Å². The molecule has 0 aliphatic heterocycles. The summed E-state index contributed by atoms with van der Waals surface area (Å²) in [6, 6.07) is 3.10. The second kappa shape index (κ2) is 5.44. The number of hydrogen-bond acceptors (Lipinski definition) is 2. The smallest absolute Gasteiger partial charge is 0.303 e. The Bertz CT molecular complexity index is 382. The van der Waals surface area contributed by atoms with Gasteiger partial charge >= 0.3 is 5.97 Å². The molecule has 1 unspecified atom stereocenters. The van der Waals surface area contributed by atoms with Crippen molar-refractivity contribution in [3.05, 3.63) is 29.8 Å². The Kier molecular flexibility index (Phi) is 4.22. The van der Waals surface area contributed by atoms with Gasteiger partial charge in [0.05, 0.1) is 5.69 Å². The molecule has 2 N–H and O–H groups in total. The molecule has 5 heteroatoms. The highest BCUT2D eigenvalue weighted by Gasteiger charge is 2.09. The minimum atomic E-state index is -0.908. The first-order valence-corrected chi connectivity index (χ1v) is 4.89. The third kappa shape index (κ3) is 3.84. The average molecular weight is 229 g/mol. The van der Waals surface area contributed by atoms with Crippen molar-refractivity contribution in [1.29, 1.82) is 0 Å². The number of anilines is 1. The molecule has 1 aromatic carbocycles. The zero-order valence-corrected chi connectivity index (χ0v) is 8.84. The number of aliphatic carboxylic acids is 1. The molecule has 3 nitrogen and oxygen atoms in total. The van der Waals surface area contributed by atoms with E-state index in [1.54, 1.807) is 6.92 Å². The number of nitrogens with one attached hydrogen (secondary N) is 1. The number of carbonyl (C=O) groups is 1. The van der Waals surface area contributed by atoms with E-state index in [4.69, 9.17) is 5.11 Å². The van der Waals surface area contributed by atoms with Gasteiger partial charge < -0.3 is 10.4 Å². The predicted molar refractivity (Wildman–Crippen MR) is 56.3 cm³/mol. The van der Waals surface area contributed by atoms with E-state index >= 15 is 0 Å². The molecular formula is C11H13F2NO2. The van der Waals surface area contributed by atoms with Crippen LogP contribution in [0.2, 0.25) is 0 Å². The quantitative estimate of drug-likeness (QED) is 0.815. The molecule has 0 aliphatic rings. The number of carboxylic acids is 1. The van der Waals surface area contributed by atoms with Gasteiger partial charge in [-0.1, -0.05) is 6.92 Å². The standard InChI is InChI=1S/C11H13F2NO2/c1-7(4-11(15)16)6-14-10-5-8(12)2-3-9(10)13/h2-3,5,7,14H,4,6H2,1H3,(H,15,16). The minimum Gasteiger partial charge on any atom is -0.481 e. The number of benzene rings is 1. The monoisotopic (exact) mass is 229 g/mol. The summed E-state index contributed by atoms with van der Waals surface area (Å²) in [5.41, 5.74) is 0.0530. The normalized spacial score (nSPS) is 12.2. The maximum absolute atomic E-state index is 13.1. The van der Waals surface area contributed by atoms with Crippen molar-refractivity contribution in [2.45, 2.75) is 13.3 Å². The lowest BCUT2D eigenvalue weighted by atomic mass is 10.1. The van der Waals surface area contributed by atoms with Gasteiger partial charge in [-0.25, -0.2) is 8.78 Å². The molecule has 16 heavy (non-hydrogen) atoms. The molecule has 0 fully saturated rings. The lowest BCUT2D eigenvalue weighted by Crippen LogP contribution is -2.15. The van der Waals surface area contributed by atoms with Crippen LogP contribution in [0.5, 0.6) is 0 Å². The van der Waals surface area contributed by atoms with Gasteiger partial charge in [-0.3, -0.25) is 4.79 Å². The molecule has 0 spiro atoms. The Hall–Kier alpha value is -1.65. The molecule has 0 heterocycles. The number of carboxylic acid groups (broad SMARTS) is 1. The molecule has 0 aromatic heterocycles. The number of halogens is 2. The van der Waals surface area contributed by atoms with E-state index in [0.717, 1.165) is 18.2 Å². The maximum atomic E-state index is 13.1. The summed E-state index contributed by atoms with van der Waals surface area (Å²) in [5, 5.41) is 11.2. The fourth-order valence-electron chi connectivity index (χ4n) is 1.29. The fourth-order valence-corrected chi connectivity index (χ4v) is 1.29. The fraction of sp³-hybridized carbons (Fsp3) is 0.364. The molecule has 0 radical (unpaired) electrons. The van der Waals surface area contributed by atoms with Crippen molar-refractivity contribution < 1.29 is 18.7 Å². The van der Waals surface area contributed by atoms with Crippen LogP contribution < -0.4 is 5.32 Å². The van der Waals surface area contributed by atoms with Gasteiger partial charge in [0.25, 0.3) is 0 Å². The second-order valence-electron chi connectivity index (χ2n) is 3.71. The summed E-state index contributed by atoms with van der Waals surface area (Å²) in [5.74, 6) is -2.15. The van der Waals surface area contributed by atoms with Gasteiger partial charge in [-0.2, -0.15) is 0 Å². The molecule has 0 amide bonds. The first-order chi connectivity index (χ1) is 7.49. The minimum absolute atomic E-state index is 0.00999. The van der Waals surface area contributed by atoms with Gasteiger partial charge in [0, 0.05) is 13.0 Å². The lowest BCUT2D eigenvalue weighted by Gasteiger charge is -2.12. The van der Waals surface area contributed by atoms with Gasteiger partial charge in [0.2, 0.25) is 0 Å². The van der Waals surface area contributed by atoms with E-state index in [9.17, 15) is 13.6 Å². The molecule has 0 saturated carbocycles. The van der Waals surface area contributed by atoms with E-state index < -0.39 is 17.6 Å². The van der Waals surface area contributed by atoms with Gasteiger partial charge in [-0.15, -0.1) is 0 Å². The summed E-state index contributed by atoms with van der Waals surface area (Å²) in [4.78, 5) is 10.4. The summed E-state index contributed by atoms with van der Waals surface area (Å²) in [6.07, 6.45) is -0.00999. The third-order valence-electron chi connectivity index (χ3n) is 2.09. The average Bonchev–Trinajstić information content (AvgIpc) is 2.18. The van der Waals surface area contributed by atoms with Crippen molar-refractivity contribution in [2.24, 2.45) is 5.92 Å². The third-order valence-corrected chi connectivity index (χ3v) is 2.09. The molecule has 1 aromatic rings. The van der Waals surface area contributed by atoms with Gasteiger partial charge in [0.15, 0.2) is 0 Å². The molecular weight excluding hydrogens is 216 g/mol. The van der Waals surface area contributed by atoms with Crippen molar-refractivity contribution in [3.8, 4) is 0 Å². The van der Waals surface area contributed by atoms with Crippen LogP contribution in [0.1, 0.15) is 13.3 Å². The van der Waals surface area contributed by atoms with Crippen LogP contribution in [0.15, 0.2) is 18.2 Å². The maximum Gasteiger partial charge on any atom is 0.303 e. The van der Waals surface area contributed by atoms with E-state index in [1.807, 2.05) is 0 Å². The Labute approximate surface area is 92.1 Å². The first kappa shape index (κ1) is 12.4. The zero-order valence-electron chi connectivity index (χ0n) is 8.84. The second-order valence-corrected chi connectivity index (χ2v) is 3.71. The summed E-state index contributed by atoms with van der Waals surface area (Å²) in [6.45, 7) is 2.00. The SMILES string of the molecule is CC(CNc1cc(F)ccc1F)CC(=O)O. The van der Waals surface area contributed by atoms with Crippen LogP contribution in [-0.2, 0) is 4.79 Å². The topological polar surface area (TPSA) is 49.3 Å². The summed E-state index contributed by atoms with van der Waals surface area (Å²) >= 11 is 0. The Balaban J connectivity index is 2.54. The van der Waals surface area contributed by atoms with E-state index in [1.165, 1.54) is 0 Å². The van der Waals surface area contributed by atoms with Crippen molar-refractivity contribution in [2.75, 3.05) is 11.9 Å². The highest BCUT2D eigenvalue weighted by atomic mass is 19.1. The summed E-state index contributed by atoms with van der Waals surface area (Å²) < 4.78 is 25.9. The van der Waals surface area contributed by atoms with Gasteiger partial charge in [-0.05, 0) is 24.1 Å². The highest BCUT2D eigenvalue weighted by molar-refractivity contribution is 5.67. The van der Waals surface area contributed by atoms with Crippen LogP contribution in [0.4, 0.5) is 14.5 Å². The first-order valence-electron chi connectivity index (χ1n) is 4.89. The molecule has 0 aliphatic carbocycles. The lowest BCUT2D eigenvalue weighted by molar-refractivity contribution is -0.137. The molecule has 0 bridgehead atoms. The van der Waals surface area contributed by atoms with Crippen LogP contribution >= 0.6 is 0 Å². The summed E-state index contributed by atoms with van der Waals surface area (Å²) in [7, 11) is 0. The molecule has 0 saturated heterocycles. The Morgan fingerprint density at radius 1 is 1.50 bits per heavy atom. The predicted octanol–water partition coefficient (Wildman–Crippen LogP) is 2.49. The van der Waals surface area contributed by atoms with Crippen molar-refractivity contribution in [3.63, 3.8) is 0 Å². The van der Waals surface area contributed by atoms with Crippen molar-refractivity contribution >= 4 is 11.7 Å². The number of hydrogen-bond donors (Lipinski definition) is 2.